The Labute approximate surface area is 143 Å². The van der Waals surface area contributed by atoms with Gasteiger partial charge in [-0.1, -0.05) is 43.3 Å². The van der Waals surface area contributed by atoms with Crippen LogP contribution < -0.4 is 0 Å². The van der Waals surface area contributed by atoms with Gasteiger partial charge in [0.05, 0.1) is 0 Å². The zero-order valence-corrected chi connectivity index (χ0v) is 14.5. The normalized spacial score (nSPS) is 13.0. The Morgan fingerprint density at radius 2 is 1.71 bits per heavy atom. The highest BCUT2D eigenvalue weighted by Gasteiger charge is 2.20. The molecule has 120 valence electrons. The van der Waals surface area contributed by atoms with Crippen molar-refractivity contribution in [3.8, 4) is 11.1 Å². The summed E-state index contributed by atoms with van der Waals surface area (Å²) >= 11 is 0. The minimum absolute atomic E-state index is 0.947. The van der Waals surface area contributed by atoms with Crippen LogP contribution in [-0.4, -0.2) is 0 Å². The molecule has 0 N–H and O–H groups in total. The number of fused-ring (bicyclic) bond motifs is 1. The maximum atomic E-state index is 5.84. The van der Waals surface area contributed by atoms with Gasteiger partial charge in [-0.3, -0.25) is 0 Å². The first-order chi connectivity index (χ1) is 11.7. The SMILES string of the molecule is CCc1ccc(-c2c(C)ccc3c2C=C(c2ccc(C)o2)C3)cc1. The highest BCUT2D eigenvalue weighted by Crippen LogP contribution is 2.39. The molecule has 0 saturated carbocycles. The van der Waals surface area contributed by atoms with E-state index in [-0.39, 0.29) is 0 Å². The maximum Gasteiger partial charge on any atom is 0.130 e. The second-order valence-corrected chi connectivity index (χ2v) is 6.64. The molecular weight excluding hydrogens is 292 g/mol. The van der Waals surface area contributed by atoms with E-state index in [2.05, 4.69) is 62.4 Å². The minimum Gasteiger partial charge on any atom is -0.462 e. The molecule has 2 aromatic carbocycles. The second-order valence-electron chi connectivity index (χ2n) is 6.64. The molecule has 0 atom stereocenters. The summed E-state index contributed by atoms with van der Waals surface area (Å²) in [5.74, 6) is 1.96. The summed E-state index contributed by atoms with van der Waals surface area (Å²) in [7, 11) is 0. The number of furan rings is 1. The fourth-order valence-electron chi connectivity index (χ4n) is 3.58. The Kier molecular flexibility index (Phi) is 3.65. The van der Waals surface area contributed by atoms with Crippen molar-refractivity contribution in [1.82, 2.24) is 0 Å². The predicted octanol–water partition coefficient (Wildman–Crippen LogP) is 6.22. The van der Waals surface area contributed by atoms with Gasteiger partial charge in [-0.25, -0.2) is 0 Å². The predicted molar refractivity (Wildman–Crippen MR) is 101 cm³/mol. The minimum atomic E-state index is 0.947. The van der Waals surface area contributed by atoms with E-state index >= 15 is 0 Å². The van der Waals surface area contributed by atoms with Crippen LogP contribution in [0.15, 0.2) is 52.9 Å². The van der Waals surface area contributed by atoms with Crippen LogP contribution in [0.2, 0.25) is 0 Å². The lowest BCUT2D eigenvalue weighted by molar-refractivity contribution is 0.521. The van der Waals surface area contributed by atoms with E-state index in [1.807, 2.05) is 13.0 Å². The Hall–Kier alpha value is -2.54. The van der Waals surface area contributed by atoms with Crippen LogP contribution >= 0.6 is 0 Å². The van der Waals surface area contributed by atoms with Crippen molar-refractivity contribution in [2.24, 2.45) is 0 Å². The van der Waals surface area contributed by atoms with Crippen molar-refractivity contribution in [2.45, 2.75) is 33.6 Å². The fraction of sp³-hybridized carbons (Fsp3) is 0.217. The zero-order chi connectivity index (χ0) is 16.7. The van der Waals surface area contributed by atoms with Crippen molar-refractivity contribution in [2.75, 3.05) is 0 Å². The van der Waals surface area contributed by atoms with Gasteiger partial charge in [-0.2, -0.15) is 0 Å². The van der Waals surface area contributed by atoms with Crippen molar-refractivity contribution < 1.29 is 4.42 Å². The first-order valence-electron chi connectivity index (χ1n) is 8.65. The first kappa shape index (κ1) is 15.0. The Morgan fingerprint density at radius 3 is 2.38 bits per heavy atom. The molecule has 0 radical (unpaired) electrons. The molecule has 1 aliphatic carbocycles. The van der Waals surface area contributed by atoms with E-state index in [1.54, 1.807) is 0 Å². The van der Waals surface area contributed by atoms with Crippen LogP contribution in [0.3, 0.4) is 0 Å². The van der Waals surface area contributed by atoms with E-state index in [1.165, 1.54) is 39.0 Å². The molecule has 0 bridgehead atoms. The van der Waals surface area contributed by atoms with Gasteiger partial charge in [0.2, 0.25) is 0 Å². The smallest absolute Gasteiger partial charge is 0.130 e. The summed E-state index contributed by atoms with van der Waals surface area (Å²) in [6.07, 6.45) is 4.33. The third-order valence-electron chi connectivity index (χ3n) is 4.95. The molecule has 24 heavy (non-hydrogen) atoms. The standard InChI is InChI=1S/C23H22O/c1-4-17-7-10-18(11-8-17)23-15(2)5-9-19-13-20(14-21(19)23)22-12-6-16(3)24-22/h5-12,14H,4,13H2,1-3H3. The average Bonchev–Trinajstić information content (AvgIpc) is 3.21. The van der Waals surface area contributed by atoms with Gasteiger partial charge in [-0.05, 0) is 77.4 Å². The molecule has 3 aromatic rings. The lowest BCUT2D eigenvalue weighted by Gasteiger charge is -2.12. The molecule has 0 unspecified atom stereocenters. The number of aryl methyl sites for hydroxylation is 3. The highest BCUT2D eigenvalue weighted by molar-refractivity contribution is 5.93. The number of rotatable bonds is 3. The van der Waals surface area contributed by atoms with Gasteiger partial charge >= 0.3 is 0 Å². The van der Waals surface area contributed by atoms with Crippen molar-refractivity contribution in [3.05, 3.63) is 82.3 Å². The van der Waals surface area contributed by atoms with Crippen LogP contribution in [0.25, 0.3) is 22.8 Å². The molecule has 0 saturated heterocycles. The van der Waals surface area contributed by atoms with Gasteiger partial charge in [0.1, 0.15) is 11.5 Å². The molecule has 0 amide bonds. The van der Waals surface area contributed by atoms with Crippen LogP contribution in [0.5, 0.6) is 0 Å². The van der Waals surface area contributed by atoms with Crippen molar-refractivity contribution >= 4 is 11.6 Å². The molecule has 0 aliphatic heterocycles. The van der Waals surface area contributed by atoms with Gasteiger partial charge in [-0.15, -0.1) is 0 Å². The first-order valence-corrected chi connectivity index (χ1v) is 8.65. The zero-order valence-electron chi connectivity index (χ0n) is 14.5. The fourth-order valence-corrected chi connectivity index (χ4v) is 3.58. The molecule has 1 aromatic heterocycles. The molecule has 1 heteroatoms. The molecule has 4 rings (SSSR count). The third-order valence-corrected chi connectivity index (χ3v) is 4.95. The topological polar surface area (TPSA) is 13.1 Å². The lowest BCUT2D eigenvalue weighted by Crippen LogP contribution is -1.92. The van der Waals surface area contributed by atoms with Gasteiger partial charge in [0.15, 0.2) is 0 Å². The number of hydrogen-bond acceptors (Lipinski definition) is 1. The van der Waals surface area contributed by atoms with E-state index in [4.69, 9.17) is 4.42 Å². The Bertz CT molecular complexity index is 923. The summed E-state index contributed by atoms with van der Waals surface area (Å²) in [6.45, 7) is 6.39. The van der Waals surface area contributed by atoms with Crippen LogP contribution in [0.4, 0.5) is 0 Å². The lowest BCUT2D eigenvalue weighted by atomic mass is 9.92. The molecule has 1 heterocycles. The quantitative estimate of drug-likeness (QED) is 0.559. The van der Waals surface area contributed by atoms with E-state index in [9.17, 15) is 0 Å². The number of allylic oxidation sites excluding steroid dienone is 1. The maximum absolute atomic E-state index is 5.84. The molecule has 1 aliphatic rings. The summed E-state index contributed by atoms with van der Waals surface area (Å²) < 4.78 is 5.84. The summed E-state index contributed by atoms with van der Waals surface area (Å²) in [5.41, 5.74) is 9.37. The monoisotopic (exact) mass is 314 g/mol. The van der Waals surface area contributed by atoms with E-state index in [0.717, 1.165) is 24.4 Å². The number of hydrogen-bond donors (Lipinski definition) is 0. The highest BCUT2D eigenvalue weighted by atomic mass is 16.3. The van der Waals surface area contributed by atoms with Crippen LogP contribution in [-0.2, 0) is 12.8 Å². The third kappa shape index (κ3) is 2.50. The number of benzene rings is 2. The largest absolute Gasteiger partial charge is 0.462 e. The van der Waals surface area contributed by atoms with Crippen LogP contribution in [0, 0.1) is 13.8 Å². The van der Waals surface area contributed by atoms with Gasteiger partial charge in [0, 0.05) is 6.42 Å². The molecule has 0 fully saturated rings. The van der Waals surface area contributed by atoms with Gasteiger partial charge < -0.3 is 4.42 Å². The van der Waals surface area contributed by atoms with Gasteiger partial charge in [0.25, 0.3) is 0 Å². The summed E-state index contributed by atoms with van der Waals surface area (Å²) in [4.78, 5) is 0. The molecule has 0 spiro atoms. The molecule has 1 nitrogen and oxygen atoms in total. The second kappa shape index (κ2) is 5.83. The van der Waals surface area contributed by atoms with Crippen LogP contribution in [0.1, 0.15) is 40.7 Å². The van der Waals surface area contributed by atoms with Crippen molar-refractivity contribution in [1.29, 1.82) is 0 Å². The summed E-state index contributed by atoms with van der Waals surface area (Å²) in [6, 6.07) is 17.6. The van der Waals surface area contributed by atoms with E-state index < -0.39 is 0 Å². The molecular formula is C23H22O. The summed E-state index contributed by atoms with van der Waals surface area (Å²) in [5, 5.41) is 0. The Balaban J connectivity index is 1.82. The average molecular weight is 314 g/mol. The van der Waals surface area contributed by atoms with E-state index in [0.29, 0.717) is 0 Å². The van der Waals surface area contributed by atoms with Crippen molar-refractivity contribution in [3.63, 3.8) is 0 Å². The Morgan fingerprint density at radius 1 is 0.917 bits per heavy atom.